The maximum Gasteiger partial charge on any atom is 0.220 e. The molecule has 0 bridgehead atoms. The maximum absolute atomic E-state index is 11.7. The predicted molar refractivity (Wildman–Crippen MR) is 109 cm³/mol. The molecule has 3 nitrogen and oxygen atoms in total. The van der Waals surface area contributed by atoms with Crippen molar-refractivity contribution in [3.05, 3.63) is 24.3 Å². The Hall–Kier alpha value is -1.09. The highest BCUT2D eigenvalue weighted by Gasteiger charge is 2.08. The topological polar surface area (TPSA) is 49.3 Å². The third-order valence-corrected chi connectivity index (χ3v) is 4.43. The number of nitrogens with one attached hydrogen (secondary N) is 1. The van der Waals surface area contributed by atoms with Crippen molar-refractivity contribution >= 4 is 5.91 Å². The van der Waals surface area contributed by atoms with Crippen molar-refractivity contribution in [3.8, 4) is 0 Å². The van der Waals surface area contributed by atoms with Crippen molar-refractivity contribution < 1.29 is 9.90 Å². The van der Waals surface area contributed by atoms with Crippen LogP contribution in [0, 0.1) is 0 Å². The van der Waals surface area contributed by atoms with Crippen LogP contribution in [-0.4, -0.2) is 23.7 Å². The molecule has 0 aromatic heterocycles. The molecule has 0 rings (SSSR count). The average molecular weight is 352 g/mol. The number of allylic oxidation sites excluding steroid dienone is 4. The highest BCUT2D eigenvalue weighted by Crippen LogP contribution is 2.08. The lowest BCUT2D eigenvalue weighted by atomic mass is 10.1. The Balaban J connectivity index is 3.35. The van der Waals surface area contributed by atoms with Crippen LogP contribution < -0.4 is 5.32 Å². The number of carbonyl (C=O) groups is 1. The second kappa shape index (κ2) is 19.2. The molecule has 1 amide bonds. The number of carbonyl (C=O) groups excluding carboxylic acids is 1. The molecule has 0 aromatic carbocycles. The van der Waals surface area contributed by atoms with E-state index in [0.29, 0.717) is 6.42 Å². The summed E-state index contributed by atoms with van der Waals surface area (Å²) in [6.07, 6.45) is 23.7. The summed E-state index contributed by atoms with van der Waals surface area (Å²) in [5.41, 5.74) is 0. The summed E-state index contributed by atoms with van der Waals surface area (Å²) in [6, 6.07) is -0.0783. The fourth-order valence-corrected chi connectivity index (χ4v) is 2.67. The van der Waals surface area contributed by atoms with Crippen molar-refractivity contribution in [1.82, 2.24) is 5.32 Å². The molecule has 2 N–H and O–H groups in total. The molecule has 25 heavy (non-hydrogen) atoms. The zero-order valence-electron chi connectivity index (χ0n) is 16.6. The minimum absolute atomic E-state index is 0.0321. The SMILES string of the molecule is CCCCCC=CCC=CCCCCCCCC(=O)NC(CC)CO. The van der Waals surface area contributed by atoms with Crippen LogP contribution in [0.4, 0.5) is 0 Å². The van der Waals surface area contributed by atoms with Gasteiger partial charge in [-0.2, -0.15) is 0 Å². The molecule has 0 aliphatic carbocycles. The van der Waals surface area contributed by atoms with Gasteiger partial charge in [0.25, 0.3) is 0 Å². The highest BCUT2D eigenvalue weighted by molar-refractivity contribution is 5.76. The number of amides is 1. The first-order valence-corrected chi connectivity index (χ1v) is 10.4. The summed E-state index contributed by atoms with van der Waals surface area (Å²) in [6.45, 7) is 4.24. The summed E-state index contributed by atoms with van der Waals surface area (Å²) in [5.74, 6) is 0.0755. The first-order chi connectivity index (χ1) is 12.2. The van der Waals surface area contributed by atoms with Crippen molar-refractivity contribution in [2.75, 3.05) is 6.61 Å². The molecular weight excluding hydrogens is 310 g/mol. The second-order valence-corrected chi connectivity index (χ2v) is 6.84. The minimum Gasteiger partial charge on any atom is -0.394 e. The number of aliphatic hydroxyl groups is 1. The van der Waals surface area contributed by atoms with Crippen molar-refractivity contribution in [1.29, 1.82) is 0 Å². The molecule has 0 aliphatic heterocycles. The average Bonchev–Trinajstić information content (AvgIpc) is 2.62. The van der Waals surface area contributed by atoms with Crippen LogP contribution >= 0.6 is 0 Å². The van der Waals surface area contributed by atoms with E-state index < -0.39 is 0 Å². The lowest BCUT2D eigenvalue weighted by Crippen LogP contribution is -2.36. The summed E-state index contributed by atoms with van der Waals surface area (Å²) in [4.78, 5) is 11.7. The van der Waals surface area contributed by atoms with Gasteiger partial charge < -0.3 is 10.4 Å². The summed E-state index contributed by atoms with van der Waals surface area (Å²) < 4.78 is 0. The summed E-state index contributed by atoms with van der Waals surface area (Å²) in [7, 11) is 0. The quantitative estimate of drug-likeness (QED) is 0.261. The molecule has 0 aliphatic rings. The van der Waals surface area contributed by atoms with Crippen molar-refractivity contribution in [2.24, 2.45) is 0 Å². The van der Waals surface area contributed by atoms with Crippen LogP contribution in [0.1, 0.15) is 97.3 Å². The Morgan fingerprint density at radius 2 is 1.48 bits per heavy atom. The fraction of sp³-hybridized carbons (Fsp3) is 0.773. The minimum atomic E-state index is -0.0783. The van der Waals surface area contributed by atoms with Gasteiger partial charge in [-0.25, -0.2) is 0 Å². The van der Waals surface area contributed by atoms with Gasteiger partial charge in [0, 0.05) is 6.42 Å². The van der Waals surface area contributed by atoms with E-state index in [9.17, 15) is 4.79 Å². The van der Waals surface area contributed by atoms with Crippen molar-refractivity contribution in [2.45, 2.75) is 103 Å². The number of aliphatic hydroxyl groups excluding tert-OH is 1. The zero-order chi connectivity index (χ0) is 18.6. The third kappa shape index (κ3) is 17.5. The molecule has 1 atom stereocenters. The second-order valence-electron chi connectivity index (χ2n) is 6.84. The zero-order valence-corrected chi connectivity index (χ0v) is 16.6. The maximum atomic E-state index is 11.7. The molecule has 146 valence electrons. The van der Waals surface area contributed by atoms with Gasteiger partial charge in [0.05, 0.1) is 12.6 Å². The first kappa shape index (κ1) is 23.9. The monoisotopic (exact) mass is 351 g/mol. The number of hydrogen-bond donors (Lipinski definition) is 2. The standard InChI is InChI=1S/C22H41NO2/c1-3-5-6-7-8-9-10-11-12-13-14-15-16-17-18-19-22(25)23-21(4-2)20-24/h8-9,11-12,21,24H,3-7,10,13-20H2,1-2H3,(H,23,25). The Kier molecular flexibility index (Phi) is 18.4. The molecule has 0 spiro atoms. The highest BCUT2D eigenvalue weighted by atomic mass is 16.3. The van der Waals surface area contributed by atoms with Gasteiger partial charge in [0.15, 0.2) is 0 Å². The summed E-state index contributed by atoms with van der Waals surface area (Å²) in [5, 5.41) is 11.9. The Morgan fingerprint density at radius 1 is 0.880 bits per heavy atom. The van der Waals surface area contributed by atoms with Crippen LogP contribution in [0.5, 0.6) is 0 Å². The number of hydrogen-bond acceptors (Lipinski definition) is 2. The number of unbranched alkanes of at least 4 members (excludes halogenated alkanes) is 8. The molecule has 1 unspecified atom stereocenters. The smallest absolute Gasteiger partial charge is 0.220 e. The molecule has 0 heterocycles. The van der Waals surface area contributed by atoms with E-state index in [1.54, 1.807) is 0 Å². The van der Waals surface area contributed by atoms with E-state index in [4.69, 9.17) is 5.11 Å². The van der Waals surface area contributed by atoms with Crippen LogP contribution in [-0.2, 0) is 4.79 Å². The molecule has 0 aromatic rings. The van der Waals surface area contributed by atoms with E-state index in [1.165, 1.54) is 51.4 Å². The van der Waals surface area contributed by atoms with Crippen LogP contribution in [0.3, 0.4) is 0 Å². The van der Waals surface area contributed by atoms with E-state index in [1.807, 2.05) is 6.92 Å². The summed E-state index contributed by atoms with van der Waals surface area (Å²) >= 11 is 0. The molecular formula is C22H41NO2. The molecule has 0 radical (unpaired) electrons. The normalized spacial score (nSPS) is 12.9. The lowest BCUT2D eigenvalue weighted by molar-refractivity contribution is -0.122. The van der Waals surface area contributed by atoms with E-state index in [2.05, 4.69) is 36.5 Å². The molecule has 3 heteroatoms. The Labute approximate surface area is 156 Å². The van der Waals surface area contributed by atoms with Gasteiger partial charge in [-0.3, -0.25) is 4.79 Å². The Morgan fingerprint density at radius 3 is 2.08 bits per heavy atom. The van der Waals surface area contributed by atoms with Crippen LogP contribution in [0.25, 0.3) is 0 Å². The van der Waals surface area contributed by atoms with Gasteiger partial charge in [0.1, 0.15) is 0 Å². The van der Waals surface area contributed by atoms with Gasteiger partial charge in [0.2, 0.25) is 5.91 Å². The largest absolute Gasteiger partial charge is 0.394 e. The number of rotatable bonds is 17. The van der Waals surface area contributed by atoms with Gasteiger partial charge >= 0.3 is 0 Å². The van der Waals surface area contributed by atoms with Gasteiger partial charge in [-0.15, -0.1) is 0 Å². The van der Waals surface area contributed by atoms with Gasteiger partial charge in [-0.05, 0) is 44.9 Å². The van der Waals surface area contributed by atoms with E-state index in [0.717, 1.165) is 25.7 Å². The van der Waals surface area contributed by atoms with E-state index in [-0.39, 0.29) is 18.6 Å². The fourth-order valence-electron chi connectivity index (χ4n) is 2.67. The predicted octanol–water partition coefficient (Wildman–Crippen LogP) is 5.69. The lowest BCUT2D eigenvalue weighted by Gasteiger charge is -2.13. The van der Waals surface area contributed by atoms with Crippen LogP contribution in [0.2, 0.25) is 0 Å². The third-order valence-electron chi connectivity index (χ3n) is 4.43. The van der Waals surface area contributed by atoms with Gasteiger partial charge in [-0.1, -0.05) is 70.3 Å². The first-order valence-electron chi connectivity index (χ1n) is 10.4. The molecule has 0 fully saturated rings. The molecule has 0 saturated carbocycles. The Bertz CT molecular complexity index is 346. The van der Waals surface area contributed by atoms with Crippen LogP contribution in [0.15, 0.2) is 24.3 Å². The van der Waals surface area contributed by atoms with E-state index >= 15 is 0 Å². The molecule has 0 saturated heterocycles. The van der Waals surface area contributed by atoms with Crippen molar-refractivity contribution in [3.63, 3.8) is 0 Å².